The number of rotatable bonds is 1. The maximum Gasteiger partial charge on any atom is 0.136 e. The van der Waals surface area contributed by atoms with E-state index in [0.717, 1.165) is 18.6 Å². The van der Waals surface area contributed by atoms with Gasteiger partial charge in [0, 0.05) is 6.04 Å². The lowest BCUT2D eigenvalue weighted by Crippen LogP contribution is -2.33. The molecule has 1 aliphatic carbocycles. The standard InChI is InChI=1S/C9H15NO/c11-6-8-5-7-3-1-2-4-9(7)10-8/h6-10H,1-5H2/t7-,8-,9-/m0/s1. The fourth-order valence-corrected chi connectivity index (χ4v) is 2.47. The van der Waals surface area contributed by atoms with E-state index in [2.05, 4.69) is 5.32 Å². The Bertz CT molecular complexity index is 144. The van der Waals surface area contributed by atoms with Crippen molar-refractivity contribution in [3.8, 4) is 0 Å². The van der Waals surface area contributed by atoms with Crippen LogP contribution in [0.25, 0.3) is 0 Å². The van der Waals surface area contributed by atoms with E-state index in [1.165, 1.54) is 25.7 Å². The van der Waals surface area contributed by atoms with Crippen molar-refractivity contribution in [2.45, 2.75) is 44.2 Å². The second kappa shape index (κ2) is 2.94. The Kier molecular flexibility index (Phi) is 1.95. The molecule has 0 spiro atoms. The first-order valence-electron chi connectivity index (χ1n) is 4.61. The van der Waals surface area contributed by atoms with Crippen LogP contribution in [0.3, 0.4) is 0 Å². The van der Waals surface area contributed by atoms with Gasteiger partial charge in [-0.2, -0.15) is 0 Å². The van der Waals surface area contributed by atoms with E-state index in [0.29, 0.717) is 6.04 Å². The third-order valence-corrected chi connectivity index (χ3v) is 3.06. The van der Waals surface area contributed by atoms with Crippen molar-refractivity contribution in [3.63, 3.8) is 0 Å². The SMILES string of the molecule is O=C[C@@H]1C[C@@H]2CCCC[C@@H]2N1. The van der Waals surface area contributed by atoms with Gasteiger partial charge in [0.25, 0.3) is 0 Å². The van der Waals surface area contributed by atoms with Gasteiger partial charge in [-0.1, -0.05) is 12.8 Å². The largest absolute Gasteiger partial charge is 0.305 e. The number of carbonyl (C=O) groups is 1. The molecule has 0 bridgehead atoms. The van der Waals surface area contributed by atoms with Crippen molar-refractivity contribution in [1.29, 1.82) is 0 Å². The van der Waals surface area contributed by atoms with Crippen molar-refractivity contribution < 1.29 is 4.79 Å². The average molecular weight is 153 g/mol. The maximum absolute atomic E-state index is 10.5. The summed E-state index contributed by atoms with van der Waals surface area (Å²) in [5, 5.41) is 3.37. The Morgan fingerprint density at radius 3 is 2.82 bits per heavy atom. The third kappa shape index (κ3) is 1.32. The maximum atomic E-state index is 10.5. The summed E-state index contributed by atoms with van der Waals surface area (Å²) >= 11 is 0. The lowest BCUT2D eigenvalue weighted by Gasteiger charge is -2.24. The number of fused-ring (bicyclic) bond motifs is 1. The molecular weight excluding hydrogens is 138 g/mol. The Hall–Kier alpha value is -0.370. The smallest absolute Gasteiger partial charge is 0.136 e. The topological polar surface area (TPSA) is 29.1 Å². The van der Waals surface area contributed by atoms with Crippen LogP contribution >= 0.6 is 0 Å². The highest BCUT2D eigenvalue weighted by Gasteiger charge is 2.34. The van der Waals surface area contributed by atoms with Crippen LogP contribution in [0, 0.1) is 5.92 Å². The van der Waals surface area contributed by atoms with Crippen LogP contribution in [-0.2, 0) is 4.79 Å². The van der Waals surface area contributed by atoms with E-state index >= 15 is 0 Å². The molecule has 0 amide bonds. The molecule has 1 N–H and O–H groups in total. The molecule has 11 heavy (non-hydrogen) atoms. The fourth-order valence-electron chi connectivity index (χ4n) is 2.47. The predicted octanol–water partition coefficient (Wildman–Crippen LogP) is 1.11. The lowest BCUT2D eigenvalue weighted by atomic mass is 9.85. The molecule has 2 nitrogen and oxygen atoms in total. The number of hydrogen-bond acceptors (Lipinski definition) is 2. The first-order valence-corrected chi connectivity index (χ1v) is 4.61. The van der Waals surface area contributed by atoms with Gasteiger partial charge in [0.15, 0.2) is 0 Å². The van der Waals surface area contributed by atoms with Crippen molar-refractivity contribution in [1.82, 2.24) is 5.32 Å². The van der Waals surface area contributed by atoms with E-state index in [1.54, 1.807) is 0 Å². The van der Waals surface area contributed by atoms with Gasteiger partial charge in [-0.05, 0) is 25.2 Å². The molecular formula is C9H15NO. The summed E-state index contributed by atoms with van der Waals surface area (Å²) in [4.78, 5) is 10.5. The van der Waals surface area contributed by atoms with E-state index in [4.69, 9.17) is 0 Å². The number of hydrogen-bond donors (Lipinski definition) is 1. The molecule has 0 radical (unpaired) electrons. The van der Waals surface area contributed by atoms with E-state index in [9.17, 15) is 4.79 Å². The van der Waals surface area contributed by atoms with Crippen LogP contribution in [0.4, 0.5) is 0 Å². The van der Waals surface area contributed by atoms with Crippen LogP contribution in [-0.4, -0.2) is 18.4 Å². The lowest BCUT2D eigenvalue weighted by molar-refractivity contribution is -0.109. The van der Waals surface area contributed by atoms with Crippen molar-refractivity contribution in [2.75, 3.05) is 0 Å². The summed E-state index contributed by atoms with van der Waals surface area (Å²) in [7, 11) is 0. The molecule has 0 aromatic carbocycles. The Labute approximate surface area is 67.4 Å². The second-order valence-corrected chi connectivity index (χ2v) is 3.80. The monoisotopic (exact) mass is 153 g/mol. The van der Waals surface area contributed by atoms with Crippen LogP contribution in [0.2, 0.25) is 0 Å². The number of nitrogens with one attached hydrogen (secondary N) is 1. The molecule has 0 unspecified atom stereocenters. The molecule has 1 aliphatic heterocycles. The van der Waals surface area contributed by atoms with Crippen LogP contribution in [0.15, 0.2) is 0 Å². The Morgan fingerprint density at radius 2 is 2.09 bits per heavy atom. The molecule has 2 heteroatoms. The van der Waals surface area contributed by atoms with Gasteiger partial charge in [0.05, 0.1) is 6.04 Å². The molecule has 1 saturated heterocycles. The molecule has 0 aromatic heterocycles. The zero-order chi connectivity index (χ0) is 7.68. The fraction of sp³-hybridized carbons (Fsp3) is 0.889. The molecule has 2 aliphatic rings. The highest BCUT2D eigenvalue weighted by atomic mass is 16.1. The highest BCUT2D eigenvalue weighted by Crippen LogP contribution is 2.32. The Balaban J connectivity index is 1.97. The second-order valence-electron chi connectivity index (χ2n) is 3.80. The summed E-state index contributed by atoms with van der Waals surface area (Å²) in [5.74, 6) is 0.805. The van der Waals surface area contributed by atoms with E-state index < -0.39 is 0 Å². The molecule has 1 heterocycles. The van der Waals surface area contributed by atoms with Gasteiger partial charge < -0.3 is 10.1 Å². The van der Waals surface area contributed by atoms with E-state index in [-0.39, 0.29) is 6.04 Å². The summed E-state index contributed by atoms with van der Waals surface area (Å²) in [6.07, 6.45) is 7.50. The van der Waals surface area contributed by atoms with Gasteiger partial charge in [-0.3, -0.25) is 0 Å². The molecule has 2 rings (SSSR count). The number of aldehydes is 1. The first kappa shape index (κ1) is 7.29. The quantitative estimate of drug-likeness (QED) is 0.572. The first-order chi connectivity index (χ1) is 5.40. The van der Waals surface area contributed by atoms with Gasteiger partial charge >= 0.3 is 0 Å². The zero-order valence-electron chi connectivity index (χ0n) is 6.75. The molecule has 1 saturated carbocycles. The minimum Gasteiger partial charge on any atom is -0.305 e. The molecule has 0 aromatic rings. The molecule has 2 fully saturated rings. The Morgan fingerprint density at radius 1 is 1.27 bits per heavy atom. The normalized spacial score (nSPS) is 43.5. The van der Waals surface area contributed by atoms with Crippen LogP contribution < -0.4 is 5.32 Å². The molecule has 62 valence electrons. The van der Waals surface area contributed by atoms with Gasteiger partial charge in [0.1, 0.15) is 6.29 Å². The van der Waals surface area contributed by atoms with Gasteiger partial charge in [-0.15, -0.1) is 0 Å². The summed E-state index contributed by atoms with van der Waals surface area (Å²) < 4.78 is 0. The van der Waals surface area contributed by atoms with E-state index in [1.807, 2.05) is 0 Å². The van der Waals surface area contributed by atoms with Gasteiger partial charge in [0.2, 0.25) is 0 Å². The van der Waals surface area contributed by atoms with Crippen molar-refractivity contribution in [3.05, 3.63) is 0 Å². The van der Waals surface area contributed by atoms with Crippen molar-refractivity contribution in [2.24, 2.45) is 5.92 Å². The van der Waals surface area contributed by atoms with Crippen LogP contribution in [0.5, 0.6) is 0 Å². The predicted molar refractivity (Wildman–Crippen MR) is 43.4 cm³/mol. The summed E-state index contributed by atoms with van der Waals surface area (Å²) in [5.41, 5.74) is 0. The summed E-state index contributed by atoms with van der Waals surface area (Å²) in [6, 6.07) is 0.835. The highest BCUT2D eigenvalue weighted by molar-refractivity contribution is 5.58. The molecule has 3 atom stereocenters. The summed E-state index contributed by atoms with van der Waals surface area (Å²) in [6.45, 7) is 0. The average Bonchev–Trinajstić information content (AvgIpc) is 2.46. The third-order valence-electron chi connectivity index (χ3n) is 3.06. The minimum atomic E-state index is 0.170. The van der Waals surface area contributed by atoms with Gasteiger partial charge in [-0.25, -0.2) is 0 Å². The zero-order valence-corrected chi connectivity index (χ0v) is 6.75. The number of carbonyl (C=O) groups excluding carboxylic acids is 1. The van der Waals surface area contributed by atoms with Crippen LogP contribution in [0.1, 0.15) is 32.1 Å². The van der Waals surface area contributed by atoms with Crippen molar-refractivity contribution >= 4 is 6.29 Å². The minimum absolute atomic E-state index is 0.170.